The lowest BCUT2D eigenvalue weighted by molar-refractivity contribution is -0.130. The maximum Gasteiger partial charge on any atom is 0.261 e. The summed E-state index contributed by atoms with van der Waals surface area (Å²) in [6, 6.07) is 7.15. The van der Waals surface area contributed by atoms with Gasteiger partial charge in [0.1, 0.15) is 5.75 Å². The molecule has 1 aromatic rings. The normalized spacial score (nSPS) is 18.3. The van der Waals surface area contributed by atoms with E-state index in [1.54, 1.807) is 25.1 Å². The maximum atomic E-state index is 12.0. The van der Waals surface area contributed by atoms with Crippen molar-refractivity contribution in [2.24, 2.45) is 0 Å². The van der Waals surface area contributed by atoms with Gasteiger partial charge in [0.15, 0.2) is 6.10 Å². The number of ether oxygens (including phenoxy) is 1. The SMILES string of the molecule is CC(Oc1cccc(CO)c1)C(=O)NC1(C)CCC1. The summed E-state index contributed by atoms with van der Waals surface area (Å²) in [5, 5.41) is 12.1. The molecule has 1 amide bonds. The van der Waals surface area contributed by atoms with Gasteiger partial charge in [0.25, 0.3) is 5.91 Å². The highest BCUT2D eigenvalue weighted by Gasteiger charge is 2.34. The quantitative estimate of drug-likeness (QED) is 0.854. The standard InChI is InChI=1S/C15H21NO3/c1-11(14(18)16-15(2)7-4-8-15)19-13-6-3-5-12(9-13)10-17/h3,5-6,9,11,17H,4,7-8,10H2,1-2H3,(H,16,18). The number of amides is 1. The van der Waals surface area contributed by atoms with E-state index in [9.17, 15) is 4.79 Å². The van der Waals surface area contributed by atoms with Gasteiger partial charge in [-0.3, -0.25) is 4.79 Å². The Morgan fingerprint density at radius 1 is 1.53 bits per heavy atom. The molecule has 0 saturated heterocycles. The van der Waals surface area contributed by atoms with Gasteiger partial charge in [0.2, 0.25) is 0 Å². The van der Waals surface area contributed by atoms with E-state index in [2.05, 4.69) is 12.2 Å². The van der Waals surface area contributed by atoms with Gasteiger partial charge in [0.05, 0.1) is 6.61 Å². The highest BCUT2D eigenvalue weighted by Crippen LogP contribution is 2.31. The molecule has 1 aromatic carbocycles. The average molecular weight is 263 g/mol. The molecule has 1 fully saturated rings. The number of aliphatic hydroxyl groups is 1. The molecule has 1 saturated carbocycles. The van der Waals surface area contributed by atoms with Gasteiger partial charge in [-0.05, 0) is 50.8 Å². The molecule has 0 radical (unpaired) electrons. The summed E-state index contributed by atoms with van der Waals surface area (Å²) in [5.41, 5.74) is 0.720. The minimum atomic E-state index is -0.536. The monoisotopic (exact) mass is 263 g/mol. The van der Waals surface area contributed by atoms with Crippen LogP contribution in [0.15, 0.2) is 24.3 Å². The van der Waals surface area contributed by atoms with Crippen LogP contribution in [0.4, 0.5) is 0 Å². The van der Waals surface area contributed by atoms with Crippen molar-refractivity contribution in [3.05, 3.63) is 29.8 Å². The fraction of sp³-hybridized carbons (Fsp3) is 0.533. The van der Waals surface area contributed by atoms with Crippen molar-refractivity contribution in [3.63, 3.8) is 0 Å². The number of aliphatic hydroxyl groups excluding tert-OH is 1. The fourth-order valence-corrected chi connectivity index (χ4v) is 2.21. The predicted octanol–water partition coefficient (Wildman–Crippen LogP) is 2.00. The number of hydrogen-bond acceptors (Lipinski definition) is 3. The zero-order chi connectivity index (χ0) is 13.9. The van der Waals surface area contributed by atoms with Crippen LogP contribution in [0, 0.1) is 0 Å². The second kappa shape index (κ2) is 5.61. The van der Waals surface area contributed by atoms with Crippen molar-refractivity contribution in [1.82, 2.24) is 5.32 Å². The summed E-state index contributed by atoms with van der Waals surface area (Å²) < 4.78 is 5.61. The first-order valence-corrected chi connectivity index (χ1v) is 6.71. The van der Waals surface area contributed by atoms with Gasteiger partial charge in [-0.25, -0.2) is 0 Å². The van der Waals surface area contributed by atoms with Crippen molar-refractivity contribution in [2.75, 3.05) is 0 Å². The van der Waals surface area contributed by atoms with Crippen molar-refractivity contribution in [1.29, 1.82) is 0 Å². The molecule has 4 heteroatoms. The highest BCUT2D eigenvalue weighted by molar-refractivity contribution is 5.81. The average Bonchev–Trinajstić information content (AvgIpc) is 2.37. The molecule has 0 heterocycles. The van der Waals surface area contributed by atoms with E-state index < -0.39 is 6.10 Å². The van der Waals surface area contributed by atoms with Gasteiger partial charge < -0.3 is 15.2 Å². The predicted molar refractivity (Wildman–Crippen MR) is 72.9 cm³/mol. The summed E-state index contributed by atoms with van der Waals surface area (Å²) in [5.74, 6) is 0.518. The summed E-state index contributed by atoms with van der Waals surface area (Å²) in [7, 11) is 0. The molecule has 1 atom stereocenters. The zero-order valence-electron chi connectivity index (χ0n) is 11.5. The smallest absolute Gasteiger partial charge is 0.261 e. The lowest BCUT2D eigenvalue weighted by atomic mass is 9.78. The Morgan fingerprint density at radius 3 is 2.84 bits per heavy atom. The molecule has 1 aliphatic rings. The number of rotatable bonds is 5. The Hall–Kier alpha value is -1.55. The third-order valence-corrected chi connectivity index (χ3v) is 3.65. The molecule has 4 nitrogen and oxygen atoms in total. The highest BCUT2D eigenvalue weighted by atomic mass is 16.5. The third-order valence-electron chi connectivity index (χ3n) is 3.65. The molecule has 19 heavy (non-hydrogen) atoms. The maximum absolute atomic E-state index is 12.0. The second-order valence-corrected chi connectivity index (χ2v) is 5.47. The van der Waals surface area contributed by atoms with Crippen molar-refractivity contribution in [2.45, 2.75) is 51.4 Å². The first-order chi connectivity index (χ1) is 9.02. The van der Waals surface area contributed by atoms with Crippen LogP contribution >= 0.6 is 0 Å². The van der Waals surface area contributed by atoms with Crippen molar-refractivity contribution in [3.8, 4) is 5.75 Å². The lowest BCUT2D eigenvalue weighted by Gasteiger charge is -2.39. The number of hydrogen-bond donors (Lipinski definition) is 2. The molecular weight excluding hydrogens is 242 g/mol. The van der Waals surface area contributed by atoms with Gasteiger partial charge in [-0.15, -0.1) is 0 Å². The minimum Gasteiger partial charge on any atom is -0.481 e. The third kappa shape index (κ3) is 3.47. The van der Waals surface area contributed by atoms with Crippen LogP contribution < -0.4 is 10.1 Å². The van der Waals surface area contributed by atoms with Crippen LogP contribution in [0.2, 0.25) is 0 Å². The first kappa shape index (κ1) is 13.9. The van der Waals surface area contributed by atoms with E-state index in [0.29, 0.717) is 5.75 Å². The molecule has 0 bridgehead atoms. The molecule has 0 aromatic heterocycles. The molecular formula is C15H21NO3. The number of carbonyl (C=O) groups excluding carboxylic acids is 1. The number of benzene rings is 1. The largest absolute Gasteiger partial charge is 0.481 e. The van der Waals surface area contributed by atoms with Crippen LogP contribution in [0.5, 0.6) is 5.75 Å². The summed E-state index contributed by atoms with van der Waals surface area (Å²) in [6.45, 7) is 3.77. The zero-order valence-corrected chi connectivity index (χ0v) is 11.5. The van der Waals surface area contributed by atoms with Gasteiger partial charge >= 0.3 is 0 Å². The van der Waals surface area contributed by atoms with Crippen LogP contribution in [0.25, 0.3) is 0 Å². The molecule has 0 aliphatic heterocycles. The second-order valence-electron chi connectivity index (χ2n) is 5.47. The molecule has 2 N–H and O–H groups in total. The Kier molecular flexibility index (Phi) is 4.10. The Bertz CT molecular complexity index is 454. The Balaban J connectivity index is 1.92. The van der Waals surface area contributed by atoms with E-state index in [1.165, 1.54) is 6.42 Å². The molecule has 1 aliphatic carbocycles. The van der Waals surface area contributed by atoms with E-state index >= 15 is 0 Å². The first-order valence-electron chi connectivity index (χ1n) is 6.71. The lowest BCUT2D eigenvalue weighted by Crippen LogP contribution is -2.54. The van der Waals surface area contributed by atoms with Crippen molar-refractivity contribution < 1.29 is 14.6 Å². The number of carbonyl (C=O) groups is 1. The summed E-state index contributed by atoms with van der Waals surface area (Å²) >= 11 is 0. The molecule has 2 rings (SSSR count). The fourth-order valence-electron chi connectivity index (χ4n) is 2.21. The van der Waals surface area contributed by atoms with E-state index in [1.807, 2.05) is 6.07 Å². The van der Waals surface area contributed by atoms with Crippen LogP contribution in [-0.4, -0.2) is 22.7 Å². The topological polar surface area (TPSA) is 58.6 Å². The minimum absolute atomic E-state index is 0.0319. The van der Waals surface area contributed by atoms with Gasteiger partial charge in [-0.2, -0.15) is 0 Å². The molecule has 104 valence electrons. The van der Waals surface area contributed by atoms with Gasteiger partial charge in [-0.1, -0.05) is 12.1 Å². The van der Waals surface area contributed by atoms with E-state index in [4.69, 9.17) is 9.84 Å². The Morgan fingerprint density at radius 2 is 2.26 bits per heavy atom. The summed E-state index contributed by atoms with van der Waals surface area (Å²) in [4.78, 5) is 12.0. The van der Waals surface area contributed by atoms with Gasteiger partial charge in [0, 0.05) is 5.54 Å². The van der Waals surface area contributed by atoms with Crippen LogP contribution in [0.3, 0.4) is 0 Å². The van der Waals surface area contributed by atoms with Crippen molar-refractivity contribution >= 4 is 5.91 Å². The summed E-state index contributed by atoms with van der Waals surface area (Å²) in [6.07, 6.45) is 2.70. The molecule has 0 spiro atoms. The Labute approximate surface area is 113 Å². The molecule has 1 unspecified atom stereocenters. The van der Waals surface area contributed by atoms with E-state index in [-0.39, 0.29) is 18.1 Å². The van der Waals surface area contributed by atoms with Crippen LogP contribution in [-0.2, 0) is 11.4 Å². The van der Waals surface area contributed by atoms with E-state index in [0.717, 1.165) is 18.4 Å². The van der Waals surface area contributed by atoms with Crippen LogP contribution in [0.1, 0.15) is 38.7 Å². The number of nitrogens with one attached hydrogen (secondary N) is 1.